The summed E-state index contributed by atoms with van der Waals surface area (Å²) in [6.07, 6.45) is 4.08. The summed E-state index contributed by atoms with van der Waals surface area (Å²) in [5, 5.41) is 3.45. The summed E-state index contributed by atoms with van der Waals surface area (Å²) < 4.78 is 6.77. The van der Waals surface area contributed by atoms with E-state index in [-0.39, 0.29) is 24.8 Å². The minimum Gasteiger partial charge on any atom is -0.496 e. The molecule has 3 rings (SSSR count). The SMILES string of the molecule is COc1ccc(Br)cc1[C@@H](C1CCC1)N1CCNCC1.Cl.Cl. The summed E-state index contributed by atoms with van der Waals surface area (Å²) in [5.74, 6) is 1.82. The first-order valence-electron chi connectivity index (χ1n) is 7.58. The lowest BCUT2D eigenvalue weighted by Gasteiger charge is -2.43. The van der Waals surface area contributed by atoms with Crippen LogP contribution in [-0.2, 0) is 0 Å². The Balaban J connectivity index is 0.00000121. The second kappa shape index (κ2) is 9.33. The van der Waals surface area contributed by atoms with Gasteiger partial charge in [0, 0.05) is 42.3 Å². The van der Waals surface area contributed by atoms with Gasteiger partial charge in [-0.1, -0.05) is 22.4 Å². The van der Waals surface area contributed by atoms with Crippen molar-refractivity contribution >= 4 is 40.7 Å². The van der Waals surface area contributed by atoms with Gasteiger partial charge in [-0.2, -0.15) is 0 Å². The number of benzene rings is 1. The molecule has 22 heavy (non-hydrogen) atoms. The third-order valence-electron chi connectivity index (χ3n) is 4.65. The average Bonchev–Trinajstić information content (AvgIpc) is 2.43. The fourth-order valence-corrected chi connectivity index (χ4v) is 3.78. The van der Waals surface area contributed by atoms with Crippen molar-refractivity contribution in [3.8, 4) is 5.75 Å². The number of hydrogen-bond donors (Lipinski definition) is 1. The van der Waals surface area contributed by atoms with Crippen LogP contribution in [0.1, 0.15) is 30.9 Å². The second-order valence-corrected chi connectivity index (χ2v) is 6.72. The van der Waals surface area contributed by atoms with Gasteiger partial charge in [-0.15, -0.1) is 24.8 Å². The van der Waals surface area contributed by atoms with Gasteiger partial charge in [0.25, 0.3) is 0 Å². The van der Waals surface area contributed by atoms with Crippen molar-refractivity contribution in [1.82, 2.24) is 10.2 Å². The molecule has 2 aliphatic rings. The molecule has 0 aromatic heterocycles. The van der Waals surface area contributed by atoms with Crippen LogP contribution in [0.5, 0.6) is 5.75 Å². The highest BCUT2D eigenvalue weighted by Crippen LogP contribution is 2.44. The zero-order valence-corrected chi connectivity index (χ0v) is 16.1. The van der Waals surface area contributed by atoms with Crippen molar-refractivity contribution in [2.45, 2.75) is 25.3 Å². The molecule has 1 aromatic carbocycles. The van der Waals surface area contributed by atoms with E-state index in [1.54, 1.807) is 7.11 Å². The molecule has 0 bridgehead atoms. The molecule has 1 N–H and O–H groups in total. The molecule has 1 aromatic rings. The zero-order chi connectivity index (χ0) is 13.9. The van der Waals surface area contributed by atoms with Crippen molar-refractivity contribution < 1.29 is 4.74 Å². The summed E-state index contributed by atoms with van der Waals surface area (Å²) in [7, 11) is 1.78. The van der Waals surface area contributed by atoms with Crippen molar-refractivity contribution in [1.29, 1.82) is 0 Å². The Hall–Kier alpha value is -0.000000000000000222. The maximum atomic E-state index is 5.63. The van der Waals surface area contributed by atoms with Gasteiger partial charge in [0.05, 0.1) is 7.11 Å². The van der Waals surface area contributed by atoms with E-state index in [1.807, 2.05) is 0 Å². The molecule has 2 fully saturated rings. The molecule has 1 atom stereocenters. The van der Waals surface area contributed by atoms with Gasteiger partial charge in [0.1, 0.15) is 5.75 Å². The van der Waals surface area contributed by atoms with Crippen molar-refractivity contribution in [2.24, 2.45) is 5.92 Å². The third kappa shape index (κ3) is 4.30. The van der Waals surface area contributed by atoms with Crippen molar-refractivity contribution in [3.05, 3.63) is 28.2 Å². The van der Waals surface area contributed by atoms with Crippen LogP contribution in [0, 0.1) is 5.92 Å². The maximum Gasteiger partial charge on any atom is 0.123 e. The molecule has 1 saturated carbocycles. The number of piperazine rings is 1. The number of nitrogens with zero attached hydrogens (tertiary/aromatic N) is 1. The molecule has 126 valence electrons. The molecule has 1 saturated heterocycles. The molecule has 0 unspecified atom stereocenters. The number of hydrogen-bond acceptors (Lipinski definition) is 3. The Morgan fingerprint density at radius 3 is 2.45 bits per heavy atom. The molecule has 1 heterocycles. The lowest BCUT2D eigenvalue weighted by atomic mass is 9.76. The van der Waals surface area contributed by atoms with E-state index < -0.39 is 0 Å². The Labute approximate surface area is 154 Å². The monoisotopic (exact) mass is 410 g/mol. The van der Waals surface area contributed by atoms with Gasteiger partial charge in [0.2, 0.25) is 0 Å². The first-order chi connectivity index (χ1) is 9.79. The number of nitrogens with one attached hydrogen (secondary N) is 1. The van der Waals surface area contributed by atoms with Gasteiger partial charge in [-0.05, 0) is 37.0 Å². The molecule has 0 spiro atoms. The minimum absolute atomic E-state index is 0. The minimum atomic E-state index is 0. The average molecular weight is 412 g/mol. The predicted octanol–water partition coefficient (Wildman–Crippen LogP) is 4.05. The van der Waals surface area contributed by atoms with Crippen LogP contribution in [0.3, 0.4) is 0 Å². The maximum absolute atomic E-state index is 5.63. The highest BCUT2D eigenvalue weighted by atomic mass is 79.9. The van der Waals surface area contributed by atoms with Gasteiger partial charge >= 0.3 is 0 Å². The summed E-state index contributed by atoms with van der Waals surface area (Å²) in [6, 6.07) is 6.92. The Morgan fingerprint density at radius 1 is 1.23 bits per heavy atom. The smallest absolute Gasteiger partial charge is 0.123 e. The van der Waals surface area contributed by atoms with Crippen LogP contribution >= 0.6 is 40.7 Å². The molecule has 6 heteroatoms. The molecular formula is C16H25BrCl2N2O. The first-order valence-corrected chi connectivity index (χ1v) is 8.37. The van der Waals surface area contributed by atoms with Crippen LogP contribution in [0.2, 0.25) is 0 Å². The fraction of sp³-hybridized carbons (Fsp3) is 0.625. The van der Waals surface area contributed by atoms with E-state index in [4.69, 9.17) is 4.74 Å². The van der Waals surface area contributed by atoms with E-state index in [0.29, 0.717) is 6.04 Å². The lowest BCUT2D eigenvalue weighted by Crippen LogP contribution is -2.47. The highest BCUT2D eigenvalue weighted by molar-refractivity contribution is 9.10. The molecule has 1 aliphatic carbocycles. The first kappa shape index (κ1) is 20.0. The van der Waals surface area contributed by atoms with E-state index >= 15 is 0 Å². The number of methoxy groups -OCH3 is 1. The molecule has 0 radical (unpaired) electrons. The highest BCUT2D eigenvalue weighted by Gasteiger charge is 2.35. The summed E-state index contributed by atoms with van der Waals surface area (Å²) in [4.78, 5) is 2.64. The fourth-order valence-electron chi connectivity index (χ4n) is 3.40. The van der Waals surface area contributed by atoms with Crippen LogP contribution in [0.15, 0.2) is 22.7 Å². The third-order valence-corrected chi connectivity index (χ3v) is 5.14. The van der Waals surface area contributed by atoms with Crippen LogP contribution in [0.25, 0.3) is 0 Å². The van der Waals surface area contributed by atoms with Crippen LogP contribution in [-0.4, -0.2) is 38.2 Å². The molecule has 1 aliphatic heterocycles. The summed E-state index contributed by atoms with van der Waals surface area (Å²) in [6.45, 7) is 4.47. The van der Waals surface area contributed by atoms with E-state index in [2.05, 4.69) is 44.3 Å². The molecular weight excluding hydrogens is 387 g/mol. The Kier molecular flexibility index (Phi) is 8.50. The van der Waals surface area contributed by atoms with Gasteiger partial charge in [0.15, 0.2) is 0 Å². The van der Waals surface area contributed by atoms with Crippen LogP contribution in [0.4, 0.5) is 0 Å². The van der Waals surface area contributed by atoms with Crippen molar-refractivity contribution in [2.75, 3.05) is 33.3 Å². The van der Waals surface area contributed by atoms with E-state index in [1.165, 1.54) is 24.8 Å². The lowest BCUT2D eigenvalue weighted by molar-refractivity contribution is 0.0818. The summed E-state index contributed by atoms with van der Waals surface area (Å²) >= 11 is 3.62. The molecule has 3 nitrogen and oxygen atoms in total. The summed E-state index contributed by atoms with van der Waals surface area (Å²) in [5.41, 5.74) is 1.36. The number of rotatable bonds is 4. The topological polar surface area (TPSA) is 24.5 Å². The van der Waals surface area contributed by atoms with Gasteiger partial charge in [-0.3, -0.25) is 4.90 Å². The van der Waals surface area contributed by atoms with E-state index in [0.717, 1.165) is 42.3 Å². The normalized spacial score (nSPS) is 20.3. The standard InChI is InChI=1S/C16H23BrN2O.2ClH/c1-20-15-6-5-13(17)11-14(15)16(12-3-2-4-12)19-9-7-18-8-10-19;;/h5-6,11-12,16,18H,2-4,7-10H2,1H3;2*1H/t16-;;/m1../s1. The quantitative estimate of drug-likeness (QED) is 0.808. The van der Waals surface area contributed by atoms with Gasteiger partial charge < -0.3 is 10.1 Å². The van der Waals surface area contributed by atoms with E-state index in [9.17, 15) is 0 Å². The van der Waals surface area contributed by atoms with Gasteiger partial charge in [-0.25, -0.2) is 0 Å². The van der Waals surface area contributed by atoms with Crippen molar-refractivity contribution in [3.63, 3.8) is 0 Å². The largest absolute Gasteiger partial charge is 0.496 e. The molecule has 0 amide bonds. The second-order valence-electron chi connectivity index (χ2n) is 5.81. The number of ether oxygens (including phenoxy) is 1. The van der Waals surface area contributed by atoms with Crippen LogP contribution < -0.4 is 10.1 Å². The Morgan fingerprint density at radius 2 is 1.91 bits per heavy atom. The number of halogens is 3. The Bertz CT molecular complexity index is 465. The zero-order valence-electron chi connectivity index (χ0n) is 12.9. The predicted molar refractivity (Wildman–Crippen MR) is 99.7 cm³/mol.